The van der Waals surface area contributed by atoms with E-state index in [4.69, 9.17) is 5.73 Å². The third kappa shape index (κ3) is 2.63. The maximum Gasteiger partial charge on any atom is 0.222 e. The number of nitrogens with one attached hydrogen (secondary N) is 1. The van der Waals surface area contributed by atoms with Crippen molar-refractivity contribution in [3.8, 4) is 0 Å². The Labute approximate surface area is 123 Å². The first-order chi connectivity index (χ1) is 10.2. The normalized spacial score (nSPS) is 18.9. The Morgan fingerprint density at radius 2 is 2.43 bits per heavy atom. The number of nitrogens with zero attached hydrogens (tertiary/aromatic N) is 4. The zero-order valence-electron chi connectivity index (χ0n) is 12.1. The van der Waals surface area contributed by atoms with Crippen LogP contribution >= 0.6 is 0 Å². The Hall–Kier alpha value is -2.31. The number of nitrogens with two attached hydrogens (primary N) is 1. The molecule has 1 unspecified atom stereocenters. The first-order valence-corrected chi connectivity index (χ1v) is 7.31. The fourth-order valence-corrected chi connectivity index (χ4v) is 2.80. The van der Waals surface area contributed by atoms with Crippen molar-refractivity contribution in [3.05, 3.63) is 18.6 Å². The maximum atomic E-state index is 11.5. The third-order valence-corrected chi connectivity index (χ3v) is 3.84. The predicted molar refractivity (Wildman–Crippen MR) is 81.3 cm³/mol. The Bertz CT molecular complexity index is 652. The van der Waals surface area contributed by atoms with Crippen LogP contribution in [0.25, 0.3) is 5.65 Å². The van der Waals surface area contributed by atoms with Crippen LogP contribution in [0.15, 0.2) is 18.6 Å². The first-order valence-electron chi connectivity index (χ1n) is 7.31. The molecule has 0 aliphatic carbocycles. The largest absolute Gasteiger partial charge is 0.369 e. The van der Waals surface area contributed by atoms with Gasteiger partial charge in [-0.05, 0) is 19.8 Å². The molecule has 3 heterocycles. The number of rotatable bonds is 4. The van der Waals surface area contributed by atoms with Crippen molar-refractivity contribution in [3.63, 3.8) is 0 Å². The van der Waals surface area contributed by atoms with Crippen LogP contribution in [0.3, 0.4) is 0 Å². The number of primary amides is 1. The van der Waals surface area contributed by atoms with Gasteiger partial charge in [-0.15, -0.1) is 0 Å². The monoisotopic (exact) mass is 288 g/mol. The van der Waals surface area contributed by atoms with Crippen molar-refractivity contribution in [2.75, 3.05) is 29.9 Å². The molecule has 1 aliphatic rings. The molecule has 1 amide bonds. The van der Waals surface area contributed by atoms with Gasteiger partial charge in [-0.25, -0.2) is 9.97 Å². The minimum atomic E-state index is -0.234. The minimum Gasteiger partial charge on any atom is -0.369 e. The SMILES string of the molecule is CCNc1cn2ccnc2c(N2CCCC(C(N)=O)C2)n1. The van der Waals surface area contributed by atoms with Crippen LogP contribution in [-0.2, 0) is 4.79 Å². The Morgan fingerprint density at radius 3 is 3.19 bits per heavy atom. The number of hydrogen-bond donors (Lipinski definition) is 2. The molecule has 0 bridgehead atoms. The van der Waals surface area contributed by atoms with Gasteiger partial charge in [0.2, 0.25) is 5.91 Å². The molecule has 21 heavy (non-hydrogen) atoms. The molecule has 1 atom stereocenters. The van der Waals surface area contributed by atoms with Crippen molar-refractivity contribution in [2.24, 2.45) is 11.7 Å². The lowest BCUT2D eigenvalue weighted by Gasteiger charge is -2.32. The molecular formula is C14H20N6O. The van der Waals surface area contributed by atoms with Gasteiger partial charge in [-0.2, -0.15) is 0 Å². The third-order valence-electron chi connectivity index (χ3n) is 3.84. The molecular weight excluding hydrogens is 268 g/mol. The highest BCUT2D eigenvalue weighted by atomic mass is 16.1. The van der Waals surface area contributed by atoms with Gasteiger partial charge in [0.05, 0.1) is 12.1 Å². The van der Waals surface area contributed by atoms with E-state index in [0.29, 0.717) is 6.54 Å². The summed E-state index contributed by atoms with van der Waals surface area (Å²) >= 11 is 0. The van der Waals surface area contributed by atoms with E-state index in [1.54, 1.807) is 6.20 Å². The fraction of sp³-hybridized carbons (Fsp3) is 0.500. The molecule has 2 aromatic rings. The lowest BCUT2D eigenvalue weighted by Crippen LogP contribution is -2.41. The highest BCUT2D eigenvalue weighted by molar-refractivity contribution is 5.78. The van der Waals surface area contributed by atoms with Crippen LogP contribution in [0.2, 0.25) is 0 Å². The van der Waals surface area contributed by atoms with E-state index in [0.717, 1.165) is 43.2 Å². The van der Waals surface area contributed by atoms with E-state index in [1.807, 2.05) is 23.7 Å². The van der Waals surface area contributed by atoms with Crippen LogP contribution in [0.4, 0.5) is 11.6 Å². The van der Waals surface area contributed by atoms with Crippen molar-refractivity contribution in [1.29, 1.82) is 0 Å². The van der Waals surface area contributed by atoms with Crippen LogP contribution in [0, 0.1) is 5.92 Å². The molecule has 3 rings (SSSR count). The van der Waals surface area contributed by atoms with Crippen molar-refractivity contribution >= 4 is 23.2 Å². The van der Waals surface area contributed by atoms with Crippen LogP contribution in [0.1, 0.15) is 19.8 Å². The van der Waals surface area contributed by atoms with E-state index in [2.05, 4.69) is 20.2 Å². The molecule has 7 heteroatoms. The topological polar surface area (TPSA) is 88.5 Å². The number of hydrogen-bond acceptors (Lipinski definition) is 5. The van der Waals surface area contributed by atoms with Crippen LogP contribution in [0.5, 0.6) is 0 Å². The Morgan fingerprint density at radius 1 is 1.57 bits per heavy atom. The minimum absolute atomic E-state index is 0.113. The van der Waals surface area contributed by atoms with E-state index in [-0.39, 0.29) is 11.8 Å². The predicted octanol–water partition coefficient (Wildman–Crippen LogP) is 0.863. The number of imidazole rings is 1. The van der Waals surface area contributed by atoms with E-state index >= 15 is 0 Å². The number of fused-ring (bicyclic) bond motifs is 1. The van der Waals surface area contributed by atoms with Crippen LogP contribution < -0.4 is 16.0 Å². The molecule has 0 radical (unpaired) electrons. The molecule has 0 spiro atoms. The molecule has 1 aliphatic heterocycles. The van der Waals surface area contributed by atoms with Gasteiger partial charge in [-0.1, -0.05) is 0 Å². The van der Waals surface area contributed by atoms with E-state index in [9.17, 15) is 4.79 Å². The molecule has 1 saturated heterocycles. The molecule has 112 valence electrons. The summed E-state index contributed by atoms with van der Waals surface area (Å²) < 4.78 is 1.95. The molecule has 0 saturated carbocycles. The summed E-state index contributed by atoms with van der Waals surface area (Å²) in [5, 5.41) is 3.22. The summed E-state index contributed by atoms with van der Waals surface area (Å²) in [5.41, 5.74) is 6.27. The van der Waals surface area contributed by atoms with Gasteiger partial charge in [0.1, 0.15) is 5.82 Å². The zero-order valence-corrected chi connectivity index (χ0v) is 12.1. The summed E-state index contributed by atoms with van der Waals surface area (Å²) in [6, 6.07) is 0. The quantitative estimate of drug-likeness (QED) is 0.871. The standard InChI is InChI=1S/C14H20N6O/c1-2-16-11-9-20-7-5-17-13(20)14(18-11)19-6-3-4-10(8-19)12(15)21/h5,7,9-10,16H,2-4,6,8H2,1H3,(H2,15,21). The molecule has 1 fully saturated rings. The summed E-state index contributed by atoms with van der Waals surface area (Å²) in [7, 11) is 0. The van der Waals surface area contributed by atoms with Crippen molar-refractivity contribution in [1.82, 2.24) is 14.4 Å². The van der Waals surface area contributed by atoms with Gasteiger partial charge >= 0.3 is 0 Å². The first kappa shape index (κ1) is 13.7. The molecule has 3 N–H and O–H groups in total. The van der Waals surface area contributed by atoms with Crippen LogP contribution in [-0.4, -0.2) is 39.9 Å². The summed E-state index contributed by atoms with van der Waals surface area (Å²) in [6.07, 6.45) is 7.37. The van der Waals surface area contributed by atoms with Gasteiger partial charge in [0, 0.05) is 32.0 Å². The Kier molecular flexibility index (Phi) is 3.64. The lowest BCUT2D eigenvalue weighted by molar-refractivity contribution is -0.122. The highest BCUT2D eigenvalue weighted by Crippen LogP contribution is 2.26. The van der Waals surface area contributed by atoms with E-state index < -0.39 is 0 Å². The fourth-order valence-electron chi connectivity index (χ4n) is 2.80. The number of amides is 1. The second-order valence-electron chi connectivity index (χ2n) is 5.33. The lowest BCUT2D eigenvalue weighted by atomic mass is 9.97. The highest BCUT2D eigenvalue weighted by Gasteiger charge is 2.26. The smallest absolute Gasteiger partial charge is 0.222 e. The number of piperidine rings is 1. The van der Waals surface area contributed by atoms with Gasteiger partial charge in [0.25, 0.3) is 0 Å². The summed E-state index contributed by atoms with van der Waals surface area (Å²) in [5.74, 6) is 1.27. The van der Waals surface area contributed by atoms with E-state index in [1.165, 1.54) is 0 Å². The molecule has 2 aromatic heterocycles. The maximum absolute atomic E-state index is 11.5. The van der Waals surface area contributed by atoms with Gasteiger partial charge in [-0.3, -0.25) is 4.79 Å². The van der Waals surface area contributed by atoms with Crippen molar-refractivity contribution < 1.29 is 4.79 Å². The zero-order chi connectivity index (χ0) is 14.8. The van der Waals surface area contributed by atoms with Crippen molar-refractivity contribution in [2.45, 2.75) is 19.8 Å². The average Bonchev–Trinajstić information content (AvgIpc) is 2.95. The second kappa shape index (κ2) is 5.59. The molecule has 0 aromatic carbocycles. The number of carbonyl (C=O) groups is 1. The Balaban J connectivity index is 1.97. The number of aromatic nitrogens is 3. The summed E-state index contributed by atoms with van der Waals surface area (Å²) in [6.45, 7) is 4.31. The van der Waals surface area contributed by atoms with Gasteiger partial charge < -0.3 is 20.4 Å². The van der Waals surface area contributed by atoms with Gasteiger partial charge in [0.15, 0.2) is 11.5 Å². The summed E-state index contributed by atoms with van der Waals surface area (Å²) in [4.78, 5) is 22.6. The number of carbonyl (C=O) groups excluding carboxylic acids is 1. The average molecular weight is 288 g/mol. The second-order valence-corrected chi connectivity index (χ2v) is 5.33. The number of anilines is 2. The molecule has 7 nitrogen and oxygen atoms in total.